The average Bonchev–Trinajstić information content (AvgIpc) is 2.60. The molecular weight excluding hydrogens is 254 g/mol. The highest BCUT2D eigenvalue weighted by Crippen LogP contribution is 2.22. The van der Waals surface area contributed by atoms with E-state index in [0.717, 1.165) is 0 Å². The summed E-state index contributed by atoms with van der Waals surface area (Å²) in [6.07, 6.45) is 6.35. The average molecular weight is 287 g/mol. The molecule has 1 fully saturated rings. The Labute approximate surface area is 124 Å². The van der Waals surface area contributed by atoms with E-state index >= 15 is 0 Å². The third-order valence-corrected chi connectivity index (χ3v) is 3.97. The van der Waals surface area contributed by atoms with Crippen LogP contribution < -0.4 is 5.32 Å². The minimum Gasteiger partial charge on any atom is -0.389 e. The standard InChI is InChI=1S/C16H33NO3/c1-13(2)20-10-9-19-12-15(18)11-17-16-8-6-4-5-7-14(16)3/h13-18H,4-12H2,1-3H3. The molecule has 0 aromatic rings. The molecule has 0 aliphatic heterocycles. The molecule has 20 heavy (non-hydrogen) atoms. The Morgan fingerprint density at radius 3 is 2.65 bits per heavy atom. The first-order chi connectivity index (χ1) is 9.59. The molecule has 0 saturated heterocycles. The first kappa shape index (κ1) is 17.9. The van der Waals surface area contributed by atoms with Crippen molar-refractivity contribution in [3.8, 4) is 0 Å². The number of hydrogen-bond donors (Lipinski definition) is 2. The van der Waals surface area contributed by atoms with Crippen molar-refractivity contribution in [3.63, 3.8) is 0 Å². The van der Waals surface area contributed by atoms with Gasteiger partial charge in [0.1, 0.15) is 0 Å². The fourth-order valence-corrected chi connectivity index (χ4v) is 2.70. The molecule has 0 amide bonds. The van der Waals surface area contributed by atoms with Crippen LogP contribution in [0.1, 0.15) is 52.9 Å². The maximum absolute atomic E-state index is 9.92. The molecule has 4 heteroatoms. The van der Waals surface area contributed by atoms with Crippen molar-refractivity contribution in [3.05, 3.63) is 0 Å². The first-order valence-corrected chi connectivity index (χ1v) is 8.20. The lowest BCUT2D eigenvalue weighted by Gasteiger charge is -2.24. The van der Waals surface area contributed by atoms with Crippen LogP contribution in [0.25, 0.3) is 0 Å². The minimum absolute atomic E-state index is 0.238. The second-order valence-electron chi connectivity index (χ2n) is 6.28. The van der Waals surface area contributed by atoms with E-state index in [1.807, 2.05) is 13.8 Å². The lowest BCUT2D eigenvalue weighted by Crippen LogP contribution is -2.40. The predicted octanol–water partition coefficient (Wildman–Crippen LogP) is 2.35. The van der Waals surface area contributed by atoms with Gasteiger partial charge in [-0.15, -0.1) is 0 Å². The van der Waals surface area contributed by atoms with Crippen molar-refractivity contribution in [2.24, 2.45) is 5.92 Å². The summed E-state index contributed by atoms with van der Waals surface area (Å²) in [7, 11) is 0. The molecule has 120 valence electrons. The van der Waals surface area contributed by atoms with E-state index in [-0.39, 0.29) is 6.10 Å². The quantitative estimate of drug-likeness (QED) is 0.505. The van der Waals surface area contributed by atoms with Crippen LogP contribution in [0, 0.1) is 5.92 Å². The molecule has 1 aliphatic rings. The Kier molecular flexibility index (Phi) is 9.44. The summed E-state index contributed by atoms with van der Waals surface area (Å²) in [4.78, 5) is 0. The molecule has 0 radical (unpaired) electrons. The molecule has 1 aliphatic carbocycles. The zero-order valence-electron chi connectivity index (χ0n) is 13.4. The van der Waals surface area contributed by atoms with Crippen molar-refractivity contribution < 1.29 is 14.6 Å². The van der Waals surface area contributed by atoms with Crippen molar-refractivity contribution in [2.75, 3.05) is 26.4 Å². The van der Waals surface area contributed by atoms with Gasteiger partial charge in [0.25, 0.3) is 0 Å². The summed E-state index contributed by atoms with van der Waals surface area (Å²) in [5.74, 6) is 0.713. The molecule has 0 aromatic carbocycles. The summed E-state index contributed by atoms with van der Waals surface area (Å²) in [6, 6.07) is 0.552. The second-order valence-corrected chi connectivity index (χ2v) is 6.28. The van der Waals surface area contributed by atoms with Crippen molar-refractivity contribution in [2.45, 2.75) is 71.1 Å². The highest BCUT2D eigenvalue weighted by atomic mass is 16.5. The van der Waals surface area contributed by atoms with E-state index in [9.17, 15) is 5.11 Å². The van der Waals surface area contributed by atoms with E-state index in [1.165, 1.54) is 32.1 Å². The number of hydrogen-bond acceptors (Lipinski definition) is 4. The zero-order chi connectivity index (χ0) is 14.8. The summed E-state index contributed by atoms with van der Waals surface area (Å²) in [6.45, 7) is 8.48. The Bertz CT molecular complexity index is 236. The molecule has 0 spiro atoms. The molecule has 3 atom stereocenters. The lowest BCUT2D eigenvalue weighted by atomic mass is 9.97. The third kappa shape index (κ3) is 8.20. The predicted molar refractivity (Wildman–Crippen MR) is 82.0 cm³/mol. The maximum atomic E-state index is 9.92. The van der Waals surface area contributed by atoms with Gasteiger partial charge < -0.3 is 19.9 Å². The summed E-state index contributed by atoms with van der Waals surface area (Å²) < 4.78 is 10.8. The Morgan fingerprint density at radius 1 is 1.15 bits per heavy atom. The third-order valence-electron chi connectivity index (χ3n) is 3.97. The van der Waals surface area contributed by atoms with Crippen molar-refractivity contribution in [1.82, 2.24) is 5.32 Å². The van der Waals surface area contributed by atoms with Crippen LogP contribution in [0.3, 0.4) is 0 Å². The van der Waals surface area contributed by atoms with Crippen LogP contribution in [-0.4, -0.2) is 49.7 Å². The van der Waals surface area contributed by atoms with Gasteiger partial charge in [0.15, 0.2) is 0 Å². The topological polar surface area (TPSA) is 50.7 Å². The molecule has 3 unspecified atom stereocenters. The van der Waals surface area contributed by atoms with Gasteiger partial charge in [0.2, 0.25) is 0 Å². The van der Waals surface area contributed by atoms with Gasteiger partial charge >= 0.3 is 0 Å². The van der Waals surface area contributed by atoms with E-state index in [2.05, 4.69) is 12.2 Å². The fraction of sp³-hybridized carbons (Fsp3) is 1.00. The molecule has 0 bridgehead atoms. The van der Waals surface area contributed by atoms with Crippen LogP contribution in [-0.2, 0) is 9.47 Å². The van der Waals surface area contributed by atoms with Crippen LogP contribution in [0.5, 0.6) is 0 Å². The smallest absolute Gasteiger partial charge is 0.0897 e. The summed E-state index contributed by atoms with van der Waals surface area (Å²) in [5.41, 5.74) is 0. The monoisotopic (exact) mass is 287 g/mol. The second kappa shape index (κ2) is 10.6. The summed E-state index contributed by atoms with van der Waals surface area (Å²) in [5, 5.41) is 13.4. The molecule has 0 heterocycles. The van der Waals surface area contributed by atoms with Crippen LogP contribution in [0.2, 0.25) is 0 Å². The van der Waals surface area contributed by atoms with Gasteiger partial charge in [0, 0.05) is 12.6 Å². The first-order valence-electron chi connectivity index (χ1n) is 8.20. The van der Waals surface area contributed by atoms with Crippen LogP contribution in [0.15, 0.2) is 0 Å². The van der Waals surface area contributed by atoms with Gasteiger partial charge in [-0.2, -0.15) is 0 Å². The van der Waals surface area contributed by atoms with E-state index in [0.29, 0.717) is 38.3 Å². The van der Waals surface area contributed by atoms with E-state index in [1.54, 1.807) is 0 Å². The van der Waals surface area contributed by atoms with Gasteiger partial charge in [-0.05, 0) is 32.6 Å². The molecular formula is C16H33NO3. The van der Waals surface area contributed by atoms with E-state index < -0.39 is 6.10 Å². The molecule has 1 saturated carbocycles. The normalized spacial score (nSPS) is 25.6. The Morgan fingerprint density at radius 2 is 1.90 bits per heavy atom. The molecule has 2 N–H and O–H groups in total. The SMILES string of the molecule is CC(C)OCCOCC(O)CNC1CCCCCC1C. The summed E-state index contributed by atoms with van der Waals surface area (Å²) >= 11 is 0. The molecule has 1 rings (SSSR count). The maximum Gasteiger partial charge on any atom is 0.0897 e. The van der Waals surface area contributed by atoms with Gasteiger partial charge in [-0.25, -0.2) is 0 Å². The highest BCUT2D eigenvalue weighted by molar-refractivity contribution is 4.77. The molecule has 4 nitrogen and oxygen atoms in total. The number of ether oxygens (including phenoxy) is 2. The largest absolute Gasteiger partial charge is 0.389 e. The van der Waals surface area contributed by atoms with E-state index in [4.69, 9.17) is 9.47 Å². The van der Waals surface area contributed by atoms with Gasteiger partial charge in [-0.3, -0.25) is 0 Å². The zero-order valence-corrected chi connectivity index (χ0v) is 13.4. The number of rotatable bonds is 9. The van der Waals surface area contributed by atoms with Gasteiger partial charge in [-0.1, -0.05) is 26.2 Å². The minimum atomic E-state index is -0.426. The number of nitrogens with one attached hydrogen (secondary N) is 1. The van der Waals surface area contributed by atoms with Gasteiger partial charge in [0.05, 0.1) is 32.0 Å². The van der Waals surface area contributed by atoms with Crippen molar-refractivity contribution >= 4 is 0 Å². The van der Waals surface area contributed by atoms with Crippen molar-refractivity contribution in [1.29, 1.82) is 0 Å². The number of aliphatic hydroxyl groups is 1. The molecule has 0 aromatic heterocycles. The van der Waals surface area contributed by atoms with Crippen LogP contribution in [0.4, 0.5) is 0 Å². The number of aliphatic hydroxyl groups excluding tert-OH is 1. The Hall–Kier alpha value is -0.160. The fourth-order valence-electron chi connectivity index (χ4n) is 2.70. The highest BCUT2D eigenvalue weighted by Gasteiger charge is 2.20. The van der Waals surface area contributed by atoms with Crippen LogP contribution >= 0.6 is 0 Å². The Balaban J connectivity index is 2.05. The lowest BCUT2D eigenvalue weighted by molar-refractivity contribution is -0.0108.